The fraction of sp³-hybridized carbons (Fsp3) is 0.0556. The molecule has 0 unspecified atom stereocenters. The van der Waals surface area contributed by atoms with Crippen molar-refractivity contribution < 1.29 is 23.2 Å². The molecule has 0 aliphatic heterocycles. The number of phenolic OH excluding ortho intramolecular Hbond substituents is 1. The molecule has 0 saturated heterocycles. The van der Waals surface area contributed by atoms with E-state index in [9.17, 15) is 28.4 Å². The van der Waals surface area contributed by atoms with Gasteiger partial charge in [-0.1, -0.05) is 0 Å². The number of nitrogens with zero attached hydrogens (tertiary/aromatic N) is 3. The molecule has 0 fully saturated rings. The van der Waals surface area contributed by atoms with Gasteiger partial charge in [0.15, 0.2) is 0 Å². The SMILES string of the molecule is O=[N+]([O-])c1cc(C(F)(F)F)ccc1N/N=C\c1cccn1-c1ccc(O)cc1. The predicted octanol–water partition coefficient (Wildman–Crippen LogP) is 4.56. The van der Waals surface area contributed by atoms with E-state index < -0.39 is 22.4 Å². The second-order valence-corrected chi connectivity index (χ2v) is 5.68. The second-order valence-electron chi connectivity index (χ2n) is 5.68. The molecule has 0 saturated carbocycles. The minimum absolute atomic E-state index is 0.113. The van der Waals surface area contributed by atoms with E-state index in [1.54, 1.807) is 35.0 Å². The fourth-order valence-corrected chi connectivity index (χ4v) is 2.47. The van der Waals surface area contributed by atoms with Crippen LogP contribution in [0.25, 0.3) is 5.69 Å². The maximum Gasteiger partial charge on any atom is 0.416 e. The highest BCUT2D eigenvalue weighted by molar-refractivity contribution is 5.80. The van der Waals surface area contributed by atoms with Crippen LogP contribution in [0.1, 0.15) is 11.3 Å². The van der Waals surface area contributed by atoms with Crippen LogP contribution in [0.5, 0.6) is 5.75 Å². The van der Waals surface area contributed by atoms with Crippen molar-refractivity contribution in [2.24, 2.45) is 5.10 Å². The van der Waals surface area contributed by atoms with Crippen LogP contribution in [0.2, 0.25) is 0 Å². The molecule has 0 bridgehead atoms. The number of hydrogen-bond donors (Lipinski definition) is 2. The molecule has 0 amide bonds. The molecule has 28 heavy (non-hydrogen) atoms. The summed E-state index contributed by atoms with van der Waals surface area (Å²) >= 11 is 0. The first kappa shape index (κ1) is 19.0. The van der Waals surface area contributed by atoms with Crippen LogP contribution in [0.3, 0.4) is 0 Å². The molecule has 3 aromatic rings. The number of rotatable bonds is 5. The van der Waals surface area contributed by atoms with E-state index in [2.05, 4.69) is 10.5 Å². The number of aromatic hydroxyl groups is 1. The largest absolute Gasteiger partial charge is 0.508 e. The Labute approximate surface area is 156 Å². The summed E-state index contributed by atoms with van der Waals surface area (Å²) in [6.07, 6.45) is -1.57. The van der Waals surface area contributed by atoms with Gasteiger partial charge in [0.1, 0.15) is 11.4 Å². The van der Waals surface area contributed by atoms with Gasteiger partial charge in [-0.15, -0.1) is 0 Å². The van der Waals surface area contributed by atoms with Crippen molar-refractivity contribution >= 4 is 17.6 Å². The Kier molecular flexibility index (Phi) is 5.03. The molecule has 7 nitrogen and oxygen atoms in total. The first-order chi connectivity index (χ1) is 13.3. The van der Waals surface area contributed by atoms with Gasteiger partial charge in [-0.2, -0.15) is 18.3 Å². The topological polar surface area (TPSA) is 92.7 Å². The third kappa shape index (κ3) is 4.11. The van der Waals surface area contributed by atoms with Gasteiger partial charge in [-0.25, -0.2) is 0 Å². The van der Waals surface area contributed by atoms with Gasteiger partial charge in [-0.3, -0.25) is 15.5 Å². The minimum atomic E-state index is -4.68. The Morgan fingerprint density at radius 1 is 1.14 bits per heavy atom. The maximum atomic E-state index is 12.7. The average molecular weight is 390 g/mol. The third-order valence-corrected chi connectivity index (χ3v) is 3.81. The number of anilines is 1. The number of halogens is 3. The van der Waals surface area contributed by atoms with Crippen molar-refractivity contribution in [2.45, 2.75) is 6.18 Å². The van der Waals surface area contributed by atoms with Gasteiger partial charge in [-0.05, 0) is 48.5 Å². The average Bonchev–Trinajstić information content (AvgIpc) is 3.10. The van der Waals surface area contributed by atoms with Gasteiger partial charge < -0.3 is 9.67 Å². The van der Waals surface area contributed by atoms with Crippen LogP contribution in [-0.2, 0) is 6.18 Å². The number of nitrogens with one attached hydrogen (secondary N) is 1. The number of aromatic nitrogens is 1. The predicted molar refractivity (Wildman–Crippen MR) is 96.7 cm³/mol. The van der Waals surface area contributed by atoms with Crippen LogP contribution in [0, 0.1) is 10.1 Å². The molecule has 1 heterocycles. The van der Waals surface area contributed by atoms with Gasteiger partial charge in [0.25, 0.3) is 5.69 Å². The first-order valence-corrected chi connectivity index (χ1v) is 7.87. The zero-order valence-electron chi connectivity index (χ0n) is 14.1. The number of nitro benzene ring substituents is 1. The van der Waals surface area contributed by atoms with Crippen molar-refractivity contribution in [1.29, 1.82) is 0 Å². The van der Waals surface area contributed by atoms with Crippen LogP contribution in [0.15, 0.2) is 65.9 Å². The lowest BCUT2D eigenvalue weighted by molar-refractivity contribution is -0.384. The molecule has 2 aromatic carbocycles. The van der Waals surface area contributed by atoms with E-state index in [0.717, 1.165) is 17.8 Å². The molecule has 0 atom stereocenters. The number of alkyl halides is 3. The number of nitro groups is 1. The van der Waals surface area contributed by atoms with E-state index in [1.807, 2.05) is 0 Å². The normalized spacial score (nSPS) is 11.7. The Hall–Kier alpha value is -3.82. The number of phenols is 1. The quantitative estimate of drug-likeness (QED) is 0.380. The molecular formula is C18H13F3N4O3. The molecule has 2 N–H and O–H groups in total. The minimum Gasteiger partial charge on any atom is -0.508 e. The number of benzene rings is 2. The van der Waals surface area contributed by atoms with E-state index in [-0.39, 0.29) is 11.4 Å². The molecular weight excluding hydrogens is 377 g/mol. The van der Waals surface area contributed by atoms with Crippen molar-refractivity contribution in [3.8, 4) is 11.4 Å². The summed E-state index contributed by atoms with van der Waals surface area (Å²) in [6.45, 7) is 0. The van der Waals surface area contributed by atoms with Crippen LogP contribution in [-0.4, -0.2) is 20.8 Å². The summed E-state index contributed by atoms with van der Waals surface area (Å²) in [4.78, 5) is 10.2. The summed E-state index contributed by atoms with van der Waals surface area (Å²) in [5.74, 6) is 0.113. The molecule has 0 aliphatic rings. The lowest BCUT2D eigenvalue weighted by Crippen LogP contribution is -2.07. The van der Waals surface area contributed by atoms with Crippen LogP contribution < -0.4 is 5.43 Å². The highest BCUT2D eigenvalue weighted by Gasteiger charge is 2.33. The van der Waals surface area contributed by atoms with Crippen LogP contribution in [0.4, 0.5) is 24.5 Å². The Morgan fingerprint density at radius 3 is 2.50 bits per heavy atom. The van der Waals surface area contributed by atoms with Gasteiger partial charge in [0, 0.05) is 18.0 Å². The molecule has 0 spiro atoms. The van der Waals surface area contributed by atoms with E-state index >= 15 is 0 Å². The molecule has 1 aromatic heterocycles. The van der Waals surface area contributed by atoms with Crippen LogP contribution >= 0.6 is 0 Å². The summed E-state index contributed by atoms with van der Waals surface area (Å²) < 4.78 is 40.0. The molecule has 3 rings (SSSR count). The molecule has 10 heteroatoms. The second kappa shape index (κ2) is 7.43. The Bertz CT molecular complexity index is 1030. The summed E-state index contributed by atoms with van der Waals surface area (Å²) in [6, 6.07) is 12.0. The molecule has 144 valence electrons. The Balaban J connectivity index is 1.83. The third-order valence-electron chi connectivity index (χ3n) is 3.81. The van der Waals surface area contributed by atoms with E-state index in [0.29, 0.717) is 11.8 Å². The van der Waals surface area contributed by atoms with Crippen molar-refractivity contribution in [3.05, 3.63) is 82.2 Å². The van der Waals surface area contributed by atoms with Crippen molar-refractivity contribution in [3.63, 3.8) is 0 Å². The molecule has 0 aliphatic carbocycles. The summed E-state index contributed by atoms with van der Waals surface area (Å²) in [7, 11) is 0. The highest BCUT2D eigenvalue weighted by atomic mass is 19.4. The Morgan fingerprint density at radius 2 is 1.86 bits per heavy atom. The van der Waals surface area contributed by atoms with Gasteiger partial charge in [0.2, 0.25) is 0 Å². The first-order valence-electron chi connectivity index (χ1n) is 7.87. The smallest absolute Gasteiger partial charge is 0.416 e. The lowest BCUT2D eigenvalue weighted by Gasteiger charge is -2.09. The number of hydrogen-bond acceptors (Lipinski definition) is 5. The van der Waals surface area contributed by atoms with Crippen molar-refractivity contribution in [1.82, 2.24) is 4.57 Å². The monoisotopic (exact) mass is 390 g/mol. The van der Waals surface area contributed by atoms with Gasteiger partial charge >= 0.3 is 6.18 Å². The maximum absolute atomic E-state index is 12.7. The highest BCUT2D eigenvalue weighted by Crippen LogP contribution is 2.34. The summed E-state index contributed by atoms with van der Waals surface area (Å²) in [5.41, 5.74) is 1.73. The lowest BCUT2D eigenvalue weighted by atomic mass is 10.1. The number of hydrazone groups is 1. The van der Waals surface area contributed by atoms with E-state index in [4.69, 9.17) is 0 Å². The van der Waals surface area contributed by atoms with E-state index in [1.165, 1.54) is 18.3 Å². The van der Waals surface area contributed by atoms with Crippen molar-refractivity contribution in [2.75, 3.05) is 5.43 Å². The standard InChI is InChI=1S/C18H13F3N4O3/c19-18(20,21)12-3-8-16(17(10-12)25(27)28)23-22-11-14-2-1-9-24(14)13-4-6-15(26)7-5-13/h1-11,23,26H/b22-11-. The van der Waals surface area contributed by atoms with Gasteiger partial charge in [0.05, 0.1) is 22.4 Å². The molecule has 0 radical (unpaired) electrons. The fourth-order valence-electron chi connectivity index (χ4n) is 2.47. The zero-order valence-corrected chi connectivity index (χ0v) is 14.1. The summed E-state index contributed by atoms with van der Waals surface area (Å²) in [5, 5.41) is 24.3. The zero-order chi connectivity index (χ0) is 20.3.